The molecule has 1 aliphatic rings. The third kappa shape index (κ3) is 4.14. The van der Waals surface area contributed by atoms with E-state index in [4.69, 9.17) is 5.73 Å². The zero-order valence-electron chi connectivity index (χ0n) is 11.3. The summed E-state index contributed by atoms with van der Waals surface area (Å²) in [6.07, 6.45) is 1.72. The first kappa shape index (κ1) is 17.2. The standard InChI is InChI=1S/C12H23N3O2.ClH/c1-8(2)10(13)12(17)15-6-4-5-9(7-15)11(16)14-3;/h8-10H,4-7,13H2,1-3H3,(H,14,16);1H/t9?,10-;/m0./s1. The van der Waals surface area contributed by atoms with E-state index >= 15 is 0 Å². The maximum atomic E-state index is 12.1. The maximum absolute atomic E-state index is 12.1. The molecule has 1 aliphatic heterocycles. The lowest BCUT2D eigenvalue weighted by molar-refractivity contribution is -0.137. The second kappa shape index (κ2) is 7.59. The molecule has 3 N–H and O–H groups in total. The third-order valence-corrected chi connectivity index (χ3v) is 3.35. The van der Waals surface area contributed by atoms with Crippen LogP contribution >= 0.6 is 12.4 Å². The number of likely N-dealkylation sites (tertiary alicyclic amines) is 1. The van der Waals surface area contributed by atoms with Crippen molar-refractivity contribution < 1.29 is 9.59 Å². The van der Waals surface area contributed by atoms with E-state index in [2.05, 4.69) is 5.32 Å². The van der Waals surface area contributed by atoms with Gasteiger partial charge in [0.25, 0.3) is 0 Å². The summed E-state index contributed by atoms with van der Waals surface area (Å²) in [5.74, 6) is 0.0224. The molecule has 1 unspecified atom stereocenters. The highest BCUT2D eigenvalue weighted by Crippen LogP contribution is 2.18. The summed E-state index contributed by atoms with van der Waals surface area (Å²) in [7, 11) is 1.63. The normalized spacial score (nSPS) is 21.2. The third-order valence-electron chi connectivity index (χ3n) is 3.35. The Labute approximate surface area is 115 Å². The van der Waals surface area contributed by atoms with E-state index in [1.807, 2.05) is 13.8 Å². The van der Waals surface area contributed by atoms with Gasteiger partial charge in [0.05, 0.1) is 12.0 Å². The molecule has 2 amide bonds. The van der Waals surface area contributed by atoms with Gasteiger partial charge in [0.1, 0.15) is 0 Å². The molecule has 0 spiro atoms. The van der Waals surface area contributed by atoms with Crippen molar-refractivity contribution in [1.82, 2.24) is 10.2 Å². The van der Waals surface area contributed by atoms with E-state index in [0.29, 0.717) is 13.1 Å². The molecule has 0 radical (unpaired) electrons. The van der Waals surface area contributed by atoms with Gasteiger partial charge in [-0.1, -0.05) is 13.8 Å². The van der Waals surface area contributed by atoms with Gasteiger partial charge in [-0.2, -0.15) is 0 Å². The van der Waals surface area contributed by atoms with Crippen molar-refractivity contribution in [2.45, 2.75) is 32.7 Å². The zero-order chi connectivity index (χ0) is 13.0. The Balaban J connectivity index is 0.00000289. The van der Waals surface area contributed by atoms with Crippen LogP contribution < -0.4 is 11.1 Å². The number of nitrogens with two attached hydrogens (primary N) is 1. The molecule has 2 atom stereocenters. The molecule has 18 heavy (non-hydrogen) atoms. The lowest BCUT2D eigenvalue weighted by Crippen LogP contribution is -2.51. The number of halogens is 1. The van der Waals surface area contributed by atoms with Crippen LogP contribution in [0, 0.1) is 11.8 Å². The van der Waals surface area contributed by atoms with Crippen LogP contribution in [0.4, 0.5) is 0 Å². The van der Waals surface area contributed by atoms with Crippen LogP contribution in [-0.2, 0) is 9.59 Å². The molecular weight excluding hydrogens is 254 g/mol. The molecule has 0 saturated carbocycles. The number of hydrogen-bond donors (Lipinski definition) is 2. The van der Waals surface area contributed by atoms with Gasteiger partial charge in [-0.15, -0.1) is 12.4 Å². The number of nitrogens with one attached hydrogen (secondary N) is 1. The largest absolute Gasteiger partial charge is 0.359 e. The van der Waals surface area contributed by atoms with Crippen LogP contribution in [0.5, 0.6) is 0 Å². The molecule has 5 nitrogen and oxygen atoms in total. The predicted octanol–water partition coefficient (Wildman–Crippen LogP) is 0.376. The fourth-order valence-electron chi connectivity index (χ4n) is 2.09. The highest BCUT2D eigenvalue weighted by atomic mass is 35.5. The van der Waals surface area contributed by atoms with E-state index in [0.717, 1.165) is 12.8 Å². The maximum Gasteiger partial charge on any atom is 0.239 e. The smallest absolute Gasteiger partial charge is 0.239 e. The molecule has 0 aromatic heterocycles. The van der Waals surface area contributed by atoms with Gasteiger partial charge in [0.15, 0.2) is 0 Å². The monoisotopic (exact) mass is 277 g/mol. The summed E-state index contributed by atoms with van der Waals surface area (Å²) in [5, 5.41) is 2.64. The van der Waals surface area contributed by atoms with Gasteiger partial charge in [0, 0.05) is 20.1 Å². The van der Waals surface area contributed by atoms with Crippen LogP contribution in [0.25, 0.3) is 0 Å². The minimum Gasteiger partial charge on any atom is -0.359 e. The Morgan fingerprint density at radius 2 is 2.00 bits per heavy atom. The molecule has 6 heteroatoms. The Bertz CT molecular complexity index is 297. The van der Waals surface area contributed by atoms with Crippen molar-refractivity contribution in [3.8, 4) is 0 Å². The van der Waals surface area contributed by atoms with Crippen molar-refractivity contribution in [1.29, 1.82) is 0 Å². The van der Waals surface area contributed by atoms with Gasteiger partial charge in [-0.05, 0) is 18.8 Å². The fraction of sp³-hybridized carbons (Fsp3) is 0.833. The van der Waals surface area contributed by atoms with E-state index in [1.54, 1.807) is 11.9 Å². The average Bonchev–Trinajstić information content (AvgIpc) is 2.36. The molecule has 0 aromatic carbocycles. The molecule has 0 aliphatic carbocycles. The van der Waals surface area contributed by atoms with Crippen molar-refractivity contribution >= 4 is 24.2 Å². The SMILES string of the molecule is CNC(=O)C1CCCN(C(=O)[C@@H](N)C(C)C)C1.Cl. The predicted molar refractivity (Wildman–Crippen MR) is 73.4 cm³/mol. The number of amides is 2. The number of nitrogens with zero attached hydrogens (tertiary/aromatic N) is 1. The lowest BCUT2D eigenvalue weighted by Gasteiger charge is -2.34. The van der Waals surface area contributed by atoms with E-state index in [9.17, 15) is 9.59 Å². The second-order valence-electron chi connectivity index (χ2n) is 5.01. The van der Waals surface area contributed by atoms with Crippen LogP contribution in [-0.4, -0.2) is 42.9 Å². The van der Waals surface area contributed by atoms with Crippen LogP contribution in [0.3, 0.4) is 0 Å². The van der Waals surface area contributed by atoms with Crippen molar-refractivity contribution in [2.75, 3.05) is 20.1 Å². The summed E-state index contributed by atoms with van der Waals surface area (Å²) < 4.78 is 0. The first-order valence-electron chi connectivity index (χ1n) is 6.23. The molecule has 1 fully saturated rings. The number of carbonyl (C=O) groups excluding carboxylic acids is 2. The van der Waals surface area contributed by atoms with Crippen LogP contribution in [0.2, 0.25) is 0 Å². The number of carbonyl (C=O) groups is 2. The highest BCUT2D eigenvalue weighted by molar-refractivity contribution is 5.85. The zero-order valence-corrected chi connectivity index (χ0v) is 12.1. The van der Waals surface area contributed by atoms with E-state index in [1.165, 1.54) is 0 Å². The average molecular weight is 278 g/mol. The van der Waals surface area contributed by atoms with E-state index in [-0.39, 0.29) is 36.1 Å². The quantitative estimate of drug-likeness (QED) is 0.783. The van der Waals surface area contributed by atoms with Gasteiger partial charge in [-0.3, -0.25) is 9.59 Å². The topological polar surface area (TPSA) is 75.4 Å². The Kier molecular flexibility index (Phi) is 7.25. The van der Waals surface area contributed by atoms with Gasteiger partial charge in [0.2, 0.25) is 11.8 Å². The number of hydrogen-bond acceptors (Lipinski definition) is 3. The fourth-order valence-corrected chi connectivity index (χ4v) is 2.09. The Morgan fingerprint density at radius 3 is 2.50 bits per heavy atom. The van der Waals surface area contributed by atoms with Crippen molar-refractivity contribution in [3.63, 3.8) is 0 Å². The molecule has 1 heterocycles. The molecule has 106 valence electrons. The van der Waals surface area contributed by atoms with Crippen LogP contribution in [0.15, 0.2) is 0 Å². The lowest BCUT2D eigenvalue weighted by atomic mass is 9.95. The highest BCUT2D eigenvalue weighted by Gasteiger charge is 2.30. The Morgan fingerprint density at radius 1 is 1.39 bits per heavy atom. The van der Waals surface area contributed by atoms with Crippen molar-refractivity contribution in [2.24, 2.45) is 17.6 Å². The van der Waals surface area contributed by atoms with Crippen LogP contribution in [0.1, 0.15) is 26.7 Å². The van der Waals surface area contributed by atoms with E-state index < -0.39 is 6.04 Å². The minimum absolute atomic E-state index is 0. The first-order chi connectivity index (χ1) is 7.97. The first-order valence-corrected chi connectivity index (χ1v) is 6.23. The molecule has 1 saturated heterocycles. The molecule has 0 bridgehead atoms. The van der Waals surface area contributed by atoms with Crippen molar-refractivity contribution in [3.05, 3.63) is 0 Å². The Hall–Kier alpha value is -0.810. The summed E-state index contributed by atoms with van der Waals surface area (Å²) in [4.78, 5) is 25.4. The summed E-state index contributed by atoms with van der Waals surface area (Å²) in [6.45, 7) is 5.08. The summed E-state index contributed by atoms with van der Waals surface area (Å²) in [5.41, 5.74) is 5.85. The molecule has 1 rings (SSSR count). The van der Waals surface area contributed by atoms with Gasteiger partial charge >= 0.3 is 0 Å². The summed E-state index contributed by atoms with van der Waals surface area (Å²) in [6, 6.07) is -0.460. The number of rotatable bonds is 3. The summed E-state index contributed by atoms with van der Waals surface area (Å²) >= 11 is 0. The van der Waals surface area contributed by atoms with Gasteiger partial charge in [-0.25, -0.2) is 0 Å². The minimum atomic E-state index is -0.460. The number of piperidine rings is 1. The second-order valence-corrected chi connectivity index (χ2v) is 5.01. The molecule has 0 aromatic rings. The van der Waals surface area contributed by atoms with Gasteiger partial charge < -0.3 is 16.0 Å². The molecular formula is C12H24ClN3O2.